The minimum absolute atomic E-state index is 0.330. The Labute approximate surface area is 69.1 Å². The second kappa shape index (κ2) is 2.98. The summed E-state index contributed by atoms with van der Waals surface area (Å²) < 4.78 is 0. The molecule has 1 aliphatic rings. The average Bonchev–Trinajstić information content (AvgIpc) is 1.85. The van der Waals surface area contributed by atoms with Crippen molar-refractivity contribution >= 4 is 0 Å². The molecule has 64 valence electrons. The van der Waals surface area contributed by atoms with Crippen LogP contribution in [0.5, 0.6) is 0 Å². The molecule has 0 aromatic heterocycles. The molecule has 0 aromatic carbocycles. The van der Waals surface area contributed by atoms with Crippen LogP contribution in [0.3, 0.4) is 0 Å². The number of rotatable bonds is 1. The summed E-state index contributed by atoms with van der Waals surface area (Å²) in [5.74, 6) is 0.330. The molecule has 0 unspecified atom stereocenters. The number of aliphatic hydroxyl groups is 1. The molecule has 0 amide bonds. The van der Waals surface area contributed by atoms with Gasteiger partial charge in [0, 0.05) is 5.92 Å². The van der Waals surface area contributed by atoms with E-state index < -0.39 is 5.60 Å². The highest BCUT2D eigenvalue weighted by Gasteiger charge is 2.34. The summed E-state index contributed by atoms with van der Waals surface area (Å²) >= 11 is 0. The molecule has 0 aromatic rings. The first kappa shape index (κ1) is 8.79. The molecule has 0 aliphatic heterocycles. The fourth-order valence-corrected chi connectivity index (χ4v) is 2.09. The van der Waals surface area contributed by atoms with E-state index in [-0.39, 0.29) is 0 Å². The van der Waals surface area contributed by atoms with E-state index in [9.17, 15) is 5.11 Å². The van der Waals surface area contributed by atoms with Crippen LogP contribution in [0.4, 0.5) is 0 Å². The van der Waals surface area contributed by atoms with Gasteiger partial charge in [-0.1, -0.05) is 25.0 Å². The van der Waals surface area contributed by atoms with Crippen LogP contribution in [0, 0.1) is 5.92 Å². The highest BCUT2D eigenvalue weighted by molar-refractivity contribution is 5.05. The predicted octanol–water partition coefficient (Wildman–Crippen LogP) is 2.50. The Hall–Kier alpha value is -0.300. The average molecular weight is 154 g/mol. The second-order valence-electron chi connectivity index (χ2n) is 4.00. The van der Waals surface area contributed by atoms with E-state index in [1.165, 1.54) is 6.42 Å². The molecule has 1 fully saturated rings. The van der Waals surface area contributed by atoms with Crippen molar-refractivity contribution in [2.45, 2.75) is 45.1 Å². The van der Waals surface area contributed by atoms with Gasteiger partial charge < -0.3 is 5.11 Å². The second-order valence-corrected chi connectivity index (χ2v) is 4.00. The molecule has 1 heteroatoms. The van der Waals surface area contributed by atoms with Gasteiger partial charge in [0.05, 0.1) is 5.60 Å². The van der Waals surface area contributed by atoms with E-state index in [0.29, 0.717) is 5.92 Å². The van der Waals surface area contributed by atoms with Crippen molar-refractivity contribution in [1.29, 1.82) is 0 Å². The molecular formula is C10H18O. The lowest BCUT2D eigenvalue weighted by atomic mass is 9.73. The van der Waals surface area contributed by atoms with Gasteiger partial charge in [0.1, 0.15) is 0 Å². The third-order valence-electron chi connectivity index (χ3n) is 2.77. The smallest absolute Gasteiger partial charge is 0.0684 e. The zero-order chi connectivity index (χ0) is 8.48. The third-order valence-corrected chi connectivity index (χ3v) is 2.77. The topological polar surface area (TPSA) is 20.2 Å². The van der Waals surface area contributed by atoms with Crippen molar-refractivity contribution in [1.82, 2.24) is 0 Å². The molecule has 0 saturated heterocycles. The van der Waals surface area contributed by atoms with Crippen molar-refractivity contribution in [3.63, 3.8) is 0 Å². The molecule has 1 N–H and O–H groups in total. The minimum atomic E-state index is -0.482. The third kappa shape index (κ3) is 1.84. The Kier molecular flexibility index (Phi) is 2.38. The van der Waals surface area contributed by atoms with Gasteiger partial charge in [-0.15, -0.1) is 0 Å². The maximum Gasteiger partial charge on any atom is 0.0684 e. The van der Waals surface area contributed by atoms with E-state index >= 15 is 0 Å². The fraction of sp³-hybridized carbons (Fsp3) is 0.800. The van der Waals surface area contributed by atoms with Gasteiger partial charge in [-0.3, -0.25) is 0 Å². The van der Waals surface area contributed by atoms with Crippen LogP contribution < -0.4 is 0 Å². The SMILES string of the molecule is C=C(C)[C@H]1CCCC[C@]1(C)O. The maximum absolute atomic E-state index is 9.94. The first-order valence-corrected chi connectivity index (χ1v) is 4.42. The minimum Gasteiger partial charge on any atom is -0.390 e. The lowest BCUT2D eigenvalue weighted by Crippen LogP contribution is -2.37. The summed E-state index contributed by atoms with van der Waals surface area (Å²) in [7, 11) is 0. The Balaban J connectivity index is 2.67. The van der Waals surface area contributed by atoms with Crippen LogP contribution in [0.25, 0.3) is 0 Å². The molecule has 11 heavy (non-hydrogen) atoms. The van der Waals surface area contributed by atoms with Gasteiger partial charge in [-0.2, -0.15) is 0 Å². The first-order chi connectivity index (χ1) is 5.04. The standard InChI is InChI=1S/C10H18O/c1-8(2)9-6-4-5-7-10(9,3)11/h9,11H,1,4-7H2,2-3H3/t9-,10+/m1/s1. The van der Waals surface area contributed by atoms with E-state index in [2.05, 4.69) is 6.58 Å². The van der Waals surface area contributed by atoms with E-state index in [1.807, 2.05) is 13.8 Å². The Morgan fingerprint density at radius 3 is 2.55 bits per heavy atom. The van der Waals surface area contributed by atoms with Crippen molar-refractivity contribution in [3.8, 4) is 0 Å². The number of hydrogen-bond acceptors (Lipinski definition) is 1. The predicted molar refractivity (Wildman–Crippen MR) is 47.4 cm³/mol. The lowest BCUT2D eigenvalue weighted by Gasteiger charge is -2.37. The summed E-state index contributed by atoms with van der Waals surface area (Å²) in [5, 5.41) is 9.94. The Morgan fingerprint density at radius 2 is 2.18 bits per heavy atom. The molecule has 0 spiro atoms. The monoisotopic (exact) mass is 154 g/mol. The summed E-state index contributed by atoms with van der Waals surface area (Å²) in [4.78, 5) is 0. The van der Waals surface area contributed by atoms with Crippen LogP contribution in [0.15, 0.2) is 12.2 Å². The van der Waals surface area contributed by atoms with Gasteiger partial charge in [0.2, 0.25) is 0 Å². The van der Waals surface area contributed by atoms with Crippen molar-refractivity contribution in [2.75, 3.05) is 0 Å². The van der Waals surface area contributed by atoms with E-state index in [4.69, 9.17) is 0 Å². The molecule has 1 nitrogen and oxygen atoms in total. The van der Waals surface area contributed by atoms with Gasteiger partial charge in [0.15, 0.2) is 0 Å². The van der Waals surface area contributed by atoms with Crippen LogP contribution in [0.2, 0.25) is 0 Å². The number of hydrogen-bond donors (Lipinski definition) is 1. The van der Waals surface area contributed by atoms with Gasteiger partial charge in [0.25, 0.3) is 0 Å². The molecule has 0 bridgehead atoms. The summed E-state index contributed by atoms with van der Waals surface area (Å²) in [6.45, 7) is 7.87. The summed E-state index contributed by atoms with van der Waals surface area (Å²) in [5.41, 5.74) is 0.652. The van der Waals surface area contributed by atoms with Crippen LogP contribution in [-0.4, -0.2) is 10.7 Å². The van der Waals surface area contributed by atoms with Crippen LogP contribution in [-0.2, 0) is 0 Å². The summed E-state index contributed by atoms with van der Waals surface area (Å²) in [6, 6.07) is 0. The van der Waals surface area contributed by atoms with E-state index in [1.54, 1.807) is 0 Å². The molecule has 1 rings (SSSR count). The Bertz CT molecular complexity index is 158. The highest BCUT2D eigenvalue weighted by atomic mass is 16.3. The quantitative estimate of drug-likeness (QED) is 0.575. The zero-order valence-corrected chi connectivity index (χ0v) is 7.56. The van der Waals surface area contributed by atoms with Crippen LogP contribution in [0.1, 0.15) is 39.5 Å². The lowest BCUT2D eigenvalue weighted by molar-refractivity contribution is -0.0164. The van der Waals surface area contributed by atoms with Gasteiger partial charge in [-0.25, -0.2) is 0 Å². The molecular weight excluding hydrogens is 136 g/mol. The molecule has 1 aliphatic carbocycles. The molecule has 1 saturated carbocycles. The van der Waals surface area contributed by atoms with Gasteiger partial charge >= 0.3 is 0 Å². The molecule has 0 heterocycles. The van der Waals surface area contributed by atoms with Gasteiger partial charge in [-0.05, 0) is 26.7 Å². The Morgan fingerprint density at radius 1 is 1.55 bits per heavy atom. The highest BCUT2D eigenvalue weighted by Crippen LogP contribution is 2.36. The normalized spacial score (nSPS) is 38.6. The summed E-state index contributed by atoms with van der Waals surface area (Å²) in [6.07, 6.45) is 4.46. The maximum atomic E-state index is 9.94. The molecule has 0 radical (unpaired) electrons. The molecule has 2 atom stereocenters. The van der Waals surface area contributed by atoms with Crippen molar-refractivity contribution < 1.29 is 5.11 Å². The zero-order valence-electron chi connectivity index (χ0n) is 7.56. The fourth-order valence-electron chi connectivity index (χ4n) is 2.09. The van der Waals surface area contributed by atoms with Crippen molar-refractivity contribution in [3.05, 3.63) is 12.2 Å². The first-order valence-electron chi connectivity index (χ1n) is 4.42. The largest absolute Gasteiger partial charge is 0.390 e. The van der Waals surface area contributed by atoms with Crippen LogP contribution >= 0.6 is 0 Å². The van der Waals surface area contributed by atoms with E-state index in [0.717, 1.165) is 24.8 Å². The van der Waals surface area contributed by atoms with Crippen molar-refractivity contribution in [2.24, 2.45) is 5.92 Å².